The Morgan fingerprint density at radius 2 is 1.91 bits per heavy atom. The van der Waals surface area contributed by atoms with E-state index in [1.54, 1.807) is 17.1 Å². The third-order valence-corrected chi connectivity index (χ3v) is 3.95. The van der Waals surface area contributed by atoms with E-state index in [-0.39, 0.29) is 5.91 Å². The minimum atomic E-state index is -0.176. The zero-order chi connectivity index (χ0) is 16.2. The SMILES string of the molecule is Cc1ccccc1NC(=O)c1cnn(Cc2ccccc2Cl)c1. The first kappa shape index (κ1) is 15.3. The number of para-hydroxylation sites is 1. The van der Waals surface area contributed by atoms with Crippen molar-refractivity contribution < 1.29 is 4.79 Å². The molecule has 23 heavy (non-hydrogen) atoms. The van der Waals surface area contributed by atoms with E-state index in [0.29, 0.717) is 17.1 Å². The van der Waals surface area contributed by atoms with Gasteiger partial charge in [0.1, 0.15) is 0 Å². The van der Waals surface area contributed by atoms with Gasteiger partial charge < -0.3 is 5.32 Å². The molecule has 4 nitrogen and oxygen atoms in total. The Bertz CT molecular complexity index is 842. The van der Waals surface area contributed by atoms with Gasteiger partial charge in [0.25, 0.3) is 5.91 Å². The quantitative estimate of drug-likeness (QED) is 0.783. The predicted molar refractivity (Wildman–Crippen MR) is 91.9 cm³/mol. The first-order chi connectivity index (χ1) is 11.1. The fourth-order valence-corrected chi connectivity index (χ4v) is 2.47. The zero-order valence-corrected chi connectivity index (χ0v) is 13.4. The fourth-order valence-electron chi connectivity index (χ4n) is 2.28. The largest absolute Gasteiger partial charge is 0.322 e. The van der Waals surface area contributed by atoms with Gasteiger partial charge >= 0.3 is 0 Å². The molecule has 0 spiro atoms. The maximum Gasteiger partial charge on any atom is 0.258 e. The van der Waals surface area contributed by atoms with E-state index in [1.807, 2.05) is 55.5 Å². The molecule has 0 unspecified atom stereocenters. The molecular weight excluding hydrogens is 310 g/mol. The lowest BCUT2D eigenvalue weighted by molar-refractivity contribution is 0.102. The van der Waals surface area contributed by atoms with Crippen LogP contribution in [0.15, 0.2) is 60.9 Å². The summed E-state index contributed by atoms with van der Waals surface area (Å²) < 4.78 is 1.70. The molecular formula is C18H16ClN3O. The number of nitrogens with one attached hydrogen (secondary N) is 1. The van der Waals surface area contributed by atoms with Crippen molar-refractivity contribution in [1.29, 1.82) is 0 Å². The Balaban J connectivity index is 1.73. The van der Waals surface area contributed by atoms with Crippen molar-refractivity contribution in [3.05, 3.63) is 82.6 Å². The number of aryl methyl sites for hydroxylation is 1. The number of hydrogen-bond donors (Lipinski definition) is 1. The molecule has 3 rings (SSSR count). The van der Waals surface area contributed by atoms with Crippen molar-refractivity contribution in [3.63, 3.8) is 0 Å². The lowest BCUT2D eigenvalue weighted by Crippen LogP contribution is -2.12. The molecule has 1 N–H and O–H groups in total. The highest BCUT2D eigenvalue weighted by Crippen LogP contribution is 2.17. The summed E-state index contributed by atoms with van der Waals surface area (Å²) in [6, 6.07) is 15.3. The maximum absolute atomic E-state index is 12.3. The lowest BCUT2D eigenvalue weighted by Gasteiger charge is -2.06. The summed E-state index contributed by atoms with van der Waals surface area (Å²) in [6.07, 6.45) is 3.28. The Kier molecular flexibility index (Phi) is 4.44. The summed E-state index contributed by atoms with van der Waals surface area (Å²) in [4.78, 5) is 12.3. The van der Waals surface area contributed by atoms with Crippen molar-refractivity contribution in [2.75, 3.05) is 5.32 Å². The first-order valence-corrected chi connectivity index (χ1v) is 7.64. The fraction of sp³-hybridized carbons (Fsp3) is 0.111. The smallest absolute Gasteiger partial charge is 0.258 e. The van der Waals surface area contributed by atoms with Crippen LogP contribution in [-0.4, -0.2) is 15.7 Å². The molecule has 2 aromatic carbocycles. The van der Waals surface area contributed by atoms with Crippen molar-refractivity contribution >= 4 is 23.2 Å². The molecule has 1 amide bonds. The van der Waals surface area contributed by atoms with Gasteiger partial charge in [0, 0.05) is 16.9 Å². The Labute approximate surface area is 139 Å². The number of rotatable bonds is 4. The lowest BCUT2D eigenvalue weighted by atomic mass is 10.2. The topological polar surface area (TPSA) is 46.9 Å². The summed E-state index contributed by atoms with van der Waals surface area (Å²) in [5, 5.41) is 7.82. The minimum absolute atomic E-state index is 0.176. The number of amides is 1. The molecule has 0 saturated heterocycles. The van der Waals surface area contributed by atoms with E-state index >= 15 is 0 Å². The van der Waals surface area contributed by atoms with Crippen LogP contribution in [0.2, 0.25) is 5.02 Å². The molecule has 0 saturated carbocycles. The molecule has 0 bridgehead atoms. The Morgan fingerprint density at radius 1 is 1.17 bits per heavy atom. The van der Waals surface area contributed by atoms with Crippen molar-refractivity contribution in [2.24, 2.45) is 0 Å². The van der Waals surface area contributed by atoms with Crippen LogP contribution in [0.25, 0.3) is 0 Å². The molecule has 1 aromatic heterocycles. The van der Waals surface area contributed by atoms with Crippen molar-refractivity contribution in [3.8, 4) is 0 Å². The van der Waals surface area contributed by atoms with Crippen molar-refractivity contribution in [1.82, 2.24) is 9.78 Å². The molecule has 0 aliphatic rings. The molecule has 1 heterocycles. The van der Waals surface area contributed by atoms with Crippen LogP contribution in [0.1, 0.15) is 21.5 Å². The van der Waals surface area contributed by atoms with Crippen molar-refractivity contribution in [2.45, 2.75) is 13.5 Å². The van der Waals surface area contributed by atoms with Crippen LogP contribution in [0.3, 0.4) is 0 Å². The van der Waals surface area contributed by atoms with Gasteiger partial charge in [0.2, 0.25) is 0 Å². The van der Waals surface area contributed by atoms with Gasteiger partial charge in [-0.25, -0.2) is 0 Å². The molecule has 0 atom stereocenters. The highest BCUT2D eigenvalue weighted by Gasteiger charge is 2.10. The minimum Gasteiger partial charge on any atom is -0.322 e. The second-order valence-electron chi connectivity index (χ2n) is 5.29. The van der Waals surface area contributed by atoms with E-state index < -0.39 is 0 Å². The standard InChI is InChI=1S/C18H16ClN3O/c1-13-6-2-5-9-17(13)21-18(23)15-10-20-22(12-15)11-14-7-3-4-8-16(14)19/h2-10,12H,11H2,1H3,(H,21,23). The van der Waals surface area contributed by atoms with Crippen LogP contribution in [0.5, 0.6) is 0 Å². The zero-order valence-electron chi connectivity index (χ0n) is 12.7. The van der Waals surface area contributed by atoms with Crippen LogP contribution in [-0.2, 0) is 6.54 Å². The number of hydrogen-bond acceptors (Lipinski definition) is 2. The summed E-state index contributed by atoms with van der Waals surface area (Å²) in [7, 11) is 0. The van der Waals surface area contributed by atoms with Crippen LogP contribution >= 0.6 is 11.6 Å². The van der Waals surface area contributed by atoms with Gasteiger partial charge in [-0.2, -0.15) is 5.10 Å². The highest BCUT2D eigenvalue weighted by atomic mass is 35.5. The van der Waals surface area contributed by atoms with Gasteiger partial charge in [0.15, 0.2) is 0 Å². The van der Waals surface area contributed by atoms with Gasteiger partial charge in [-0.05, 0) is 30.2 Å². The van der Waals surface area contributed by atoms with Crippen LogP contribution in [0, 0.1) is 6.92 Å². The number of benzene rings is 2. The first-order valence-electron chi connectivity index (χ1n) is 7.26. The number of halogens is 1. The van der Waals surface area contributed by atoms with E-state index in [2.05, 4.69) is 10.4 Å². The monoisotopic (exact) mass is 325 g/mol. The molecule has 0 radical (unpaired) electrons. The number of nitrogens with zero attached hydrogens (tertiary/aromatic N) is 2. The summed E-state index contributed by atoms with van der Waals surface area (Å²) in [5.74, 6) is -0.176. The van der Waals surface area contributed by atoms with Crippen LogP contribution in [0.4, 0.5) is 5.69 Å². The van der Waals surface area contributed by atoms with Gasteiger partial charge in [-0.15, -0.1) is 0 Å². The third kappa shape index (κ3) is 3.60. The van der Waals surface area contributed by atoms with E-state index in [4.69, 9.17) is 11.6 Å². The van der Waals surface area contributed by atoms with Gasteiger partial charge in [-0.3, -0.25) is 9.48 Å². The second-order valence-corrected chi connectivity index (χ2v) is 5.69. The Morgan fingerprint density at radius 3 is 2.70 bits per heavy atom. The summed E-state index contributed by atoms with van der Waals surface area (Å²) >= 11 is 6.15. The highest BCUT2D eigenvalue weighted by molar-refractivity contribution is 6.31. The molecule has 0 fully saturated rings. The Hall–Kier alpha value is -2.59. The number of carbonyl (C=O) groups excluding carboxylic acids is 1. The number of anilines is 1. The maximum atomic E-state index is 12.3. The van der Waals surface area contributed by atoms with Crippen LogP contribution < -0.4 is 5.32 Å². The number of aromatic nitrogens is 2. The molecule has 116 valence electrons. The van der Waals surface area contributed by atoms with Gasteiger partial charge in [0.05, 0.1) is 18.3 Å². The van der Waals surface area contributed by atoms with E-state index in [9.17, 15) is 4.79 Å². The molecule has 0 aliphatic heterocycles. The molecule has 5 heteroatoms. The summed E-state index contributed by atoms with van der Waals surface area (Å²) in [5.41, 5.74) is 3.30. The third-order valence-electron chi connectivity index (χ3n) is 3.58. The molecule has 0 aliphatic carbocycles. The number of carbonyl (C=O) groups is 1. The normalized spacial score (nSPS) is 10.5. The second kappa shape index (κ2) is 6.67. The summed E-state index contributed by atoms with van der Waals surface area (Å²) in [6.45, 7) is 2.48. The predicted octanol–water partition coefficient (Wildman–Crippen LogP) is 4.15. The molecule has 3 aromatic rings. The van der Waals surface area contributed by atoms with E-state index in [0.717, 1.165) is 16.8 Å². The van der Waals surface area contributed by atoms with Gasteiger partial charge in [-0.1, -0.05) is 48.0 Å². The average Bonchev–Trinajstić information content (AvgIpc) is 3.01. The average molecular weight is 326 g/mol. The van der Waals surface area contributed by atoms with E-state index in [1.165, 1.54) is 0 Å².